The molecule has 0 heterocycles. The summed E-state index contributed by atoms with van der Waals surface area (Å²) in [5, 5.41) is 10.8. The number of carbonyl (C=O) groups excluding carboxylic acids is 1. The third kappa shape index (κ3) is 2.06. The fraction of sp³-hybridized carbons (Fsp3) is 0.300. The van der Waals surface area contributed by atoms with E-state index in [2.05, 4.69) is 20.7 Å². The van der Waals surface area contributed by atoms with E-state index >= 15 is 0 Å². The minimum atomic E-state index is -0.599. The number of hydrogen-bond acceptors (Lipinski definition) is 4. The average molecular weight is 288 g/mol. The number of benzene rings is 1. The highest BCUT2D eigenvalue weighted by molar-refractivity contribution is 9.10. The summed E-state index contributed by atoms with van der Waals surface area (Å²) in [5.41, 5.74) is 1.28. The van der Waals surface area contributed by atoms with Crippen LogP contribution >= 0.6 is 15.9 Å². The molecule has 0 aromatic heterocycles. The number of nitrogens with zero attached hydrogens (tertiary/aromatic N) is 1. The molecule has 1 aromatic rings. The molecule has 0 bridgehead atoms. The number of rotatable bonds is 2. The van der Waals surface area contributed by atoms with E-state index in [4.69, 9.17) is 0 Å². The van der Waals surface area contributed by atoms with Gasteiger partial charge >= 0.3 is 5.97 Å². The van der Waals surface area contributed by atoms with Gasteiger partial charge in [0.25, 0.3) is 5.69 Å². The van der Waals surface area contributed by atoms with Crippen molar-refractivity contribution in [1.29, 1.82) is 0 Å². The minimum absolute atomic E-state index is 0.0823. The monoisotopic (exact) mass is 287 g/mol. The van der Waals surface area contributed by atoms with E-state index in [0.717, 1.165) is 0 Å². The molecule has 0 unspecified atom stereocenters. The molecular formula is C10H10BrNO4. The van der Waals surface area contributed by atoms with Crippen molar-refractivity contribution in [2.75, 3.05) is 7.11 Å². The predicted octanol–water partition coefficient (Wildman–Crippen LogP) is 2.76. The summed E-state index contributed by atoms with van der Waals surface area (Å²) >= 11 is 3.23. The van der Waals surface area contributed by atoms with Gasteiger partial charge in [-0.25, -0.2) is 4.79 Å². The first-order valence-electron chi connectivity index (χ1n) is 4.42. The molecule has 16 heavy (non-hydrogen) atoms. The van der Waals surface area contributed by atoms with Crippen LogP contribution < -0.4 is 0 Å². The van der Waals surface area contributed by atoms with E-state index < -0.39 is 10.9 Å². The van der Waals surface area contributed by atoms with Gasteiger partial charge in [-0.2, -0.15) is 0 Å². The second-order valence-corrected chi connectivity index (χ2v) is 4.05. The normalized spacial score (nSPS) is 10.0. The lowest BCUT2D eigenvalue weighted by molar-refractivity contribution is -0.385. The number of nitro groups is 1. The van der Waals surface area contributed by atoms with Crippen LogP contribution in [-0.4, -0.2) is 18.0 Å². The predicted molar refractivity (Wildman–Crippen MR) is 61.6 cm³/mol. The summed E-state index contributed by atoms with van der Waals surface area (Å²) < 4.78 is 5.09. The van der Waals surface area contributed by atoms with Crippen molar-refractivity contribution in [3.05, 3.63) is 37.3 Å². The van der Waals surface area contributed by atoms with Gasteiger partial charge in [0.2, 0.25) is 0 Å². The van der Waals surface area contributed by atoms with Crippen molar-refractivity contribution in [2.24, 2.45) is 0 Å². The first-order valence-corrected chi connectivity index (χ1v) is 5.21. The van der Waals surface area contributed by atoms with Crippen molar-refractivity contribution < 1.29 is 14.5 Å². The van der Waals surface area contributed by atoms with Crippen LogP contribution in [0.1, 0.15) is 21.5 Å². The van der Waals surface area contributed by atoms with Gasteiger partial charge in [0, 0.05) is 16.1 Å². The molecule has 5 nitrogen and oxygen atoms in total. The molecule has 0 fully saturated rings. The number of hydrogen-bond donors (Lipinski definition) is 0. The van der Waals surface area contributed by atoms with E-state index in [1.807, 2.05) is 0 Å². The Morgan fingerprint density at radius 1 is 1.44 bits per heavy atom. The lowest BCUT2D eigenvalue weighted by atomic mass is 10.0. The summed E-state index contributed by atoms with van der Waals surface area (Å²) in [7, 11) is 1.23. The van der Waals surface area contributed by atoms with Crippen LogP contribution in [0.2, 0.25) is 0 Å². The Hall–Kier alpha value is -1.43. The lowest BCUT2D eigenvalue weighted by Crippen LogP contribution is -2.06. The molecule has 0 aliphatic carbocycles. The molecule has 0 aliphatic heterocycles. The smallest absolute Gasteiger partial charge is 0.339 e. The summed E-state index contributed by atoms with van der Waals surface area (Å²) in [6, 6.07) is 1.22. The van der Waals surface area contributed by atoms with Crippen LogP contribution in [0.15, 0.2) is 10.5 Å². The molecule has 0 amide bonds. The van der Waals surface area contributed by atoms with Gasteiger partial charge in [-0.3, -0.25) is 10.1 Å². The number of nitro benzene ring substituents is 1. The van der Waals surface area contributed by atoms with Crippen molar-refractivity contribution >= 4 is 27.6 Å². The Kier molecular flexibility index (Phi) is 3.64. The summed E-state index contributed by atoms with van der Waals surface area (Å²) in [6.45, 7) is 3.35. The number of esters is 1. The molecule has 0 saturated heterocycles. The standard InChI is InChI=1S/C10H10BrNO4/c1-5-6(2)9(11)7(10(13)16-3)4-8(5)12(14)15/h4H,1-3H3. The maximum absolute atomic E-state index is 11.4. The molecule has 0 radical (unpaired) electrons. The molecule has 86 valence electrons. The highest BCUT2D eigenvalue weighted by Crippen LogP contribution is 2.31. The zero-order valence-electron chi connectivity index (χ0n) is 9.04. The summed E-state index contributed by atoms with van der Waals surface area (Å²) in [5.74, 6) is -0.599. The van der Waals surface area contributed by atoms with Gasteiger partial charge in [-0.15, -0.1) is 0 Å². The van der Waals surface area contributed by atoms with Gasteiger partial charge in [0.15, 0.2) is 0 Å². The van der Waals surface area contributed by atoms with Crippen LogP contribution in [-0.2, 0) is 4.74 Å². The van der Waals surface area contributed by atoms with Gasteiger partial charge in [-0.1, -0.05) is 0 Å². The van der Waals surface area contributed by atoms with E-state index in [9.17, 15) is 14.9 Å². The summed E-state index contributed by atoms with van der Waals surface area (Å²) in [6.07, 6.45) is 0. The highest BCUT2D eigenvalue weighted by atomic mass is 79.9. The molecular weight excluding hydrogens is 278 g/mol. The lowest BCUT2D eigenvalue weighted by Gasteiger charge is -2.08. The molecule has 0 atom stereocenters. The Balaban J connectivity index is 3.53. The second kappa shape index (κ2) is 4.61. The molecule has 0 N–H and O–H groups in total. The number of ether oxygens (including phenoxy) is 1. The number of methoxy groups -OCH3 is 1. The quantitative estimate of drug-likeness (QED) is 0.476. The zero-order chi connectivity index (χ0) is 12.5. The van der Waals surface area contributed by atoms with Crippen molar-refractivity contribution in [1.82, 2.24) is 0 Å². The maximum Gasteiger partial charge on any atom is 0.339 e. The largest absolute Gasteiger partial charge is 0.465 e. The van der Waals surface area contributed by atoms with Gasteiger partial charge in [-0.05, 0) is 35.3 Å². The van der Waals surface area contributed by atoms with E-state index in [0.29, 0.717) is 15.6 Å². The topological polar surface area (TPSA) is 69.4 Å². The van der Waals surface area contributed by atoms with E-state index in [1.165, 1.54) is 13.2 Å². The fourth-order valence-electron chi connectivity index (χ4n) is 1.32. The third-order valence-corrected chi connectivity index (χ3v) is 3.42. The zero-order valence-corrected chi connectivity index (χ0v) is 10.6. The molecule has 1 rings (SSSR count). The van der Waals surface area contributed by atoms with E-state index in [-0.39, 0.29) is 11.3 Å². The first kappa shape index (κ1) is 12.6. The molecule has 0 aliphatic rings. The molecule has 0 spiro atoms. The first-order chi connectivity index (χ1) is 7.40. The molecule has 1 aromatic carbocycles. The Labute approximate surface area is 101 Å². The molecule has 6 heteroatoms. The number of halogens is 1. The Bertz CT molecular complexity index is 470. The van der Waals surface area contributed by atoms with E-state index in [1.54, 1.807) is 13.8 Å². The van der Waals surface area contributed by atoms with Crippen LogP contribution in [0, 0.1) is 24.0 Å². The highest BCUT2D eigenvalue weighted by Gasteiger charge is 2.22. The average Bonchev–Trinajstić information content (AvgIpc) is 2.25. The third-order valence-electron chi connectivity index (χ3n) is 2.40. The minimum Gasteiger partial charge on any atom is -0.465 e. The maximum atomic E-state index is 11.4. The van der Waals surface area contributed by atoms with Crippen molar-refractivity contribution in [3.63, 3.8) is 0 Å². The van der Waals surface area contributed by atoms with Crippen LogP contribution in [0.3, 0.4) is 0 Å². The SMILES string of the molecule is COC(=O)c1cc([N+](=O)[O-])c(C)c(C)c1Br. The summed E-state index contributed by atoms with van der Waals surface area (Å²) in [4.78, 5) is 21.7. The van der Waals surface area contributed by atoms with Gasteiger partial charge in [0.1, 0.15) is 0 Å². The fourth-order valence-corrected chi connectivity index (χ4v) is 1.89. The Morgan fingerprint density at radius 3 is 2.44 bits per heavy atom. The van der Waals surface area contributed by atoms with Gasteiger partial charge in [0.05, 0.1) is 17.6 Å². The number of carbonyl (C=O) groups is 1. The van der Waals surface area contributed by atoms with Gasteiger partial charge < -0.3 is 4.74 Å². The van der Waals surface area contributed by atoms with Crippen LogP contribution in [0.5, 0.6) is 0 Å². The van der Waals surface area contributed by atoms with Crippen molar-refractivity contribution in [2.45, 2.75) is 13.8 Å². The van der Waals surface area contributed by atoms with Crippen molar-refractivity contribution in [3.8, 4) is 0 Å². The second-order valence-electron chi connectivity index (χ2n) is 3.26. The van der Waals surface area contributed by atoms with Crippen LogP contribution in [0.25, 0.3) is 0 Å². The van der Waals surface area contributed by atoms with Crippen LogP contribution in [0.4, 0.5) is 5.69 Å². The molecule has 0 saturated carbocycles. The Morgan fingerprint density at radius 2 is 2.00 bits per heavy atom.